The largest absolute Gasteiger partial charge is 0.397 e. The maximum Gasteiger partial charge on any atom is 0.228 e. The van der Waals surface area contributed by atoms with Gasteiger partial charge >= 0.3 is 0 Å². The Balaban J connectivity index is 1.85. The predicted octanol–water partition coefficient (Wildman–Crippen LogP) is 2.90. The first kappa shape index (κ1) is 12.3. The average Bonchev–Trinajstić information content (AvgIpc) is 2.69. The summed E-state index contributed by atoms with van der Waals surface area (Å²) in [6.07, 6.45) is 6.66. The Morgan fingerprint density at radius 2 is 2.00 bits per heavy atom. The Labute approximate surface area is 113 Å². The smallest absolute Gasteiger partial charge is 0.228 e. The minimum Gasteiger partial charge on any atom is -0.397 e. The molecule has 1 fully saturated rings. The first-order valence-corrected chi connectivity index (χ1v) is 7.06. The summed E-state index contributed by atoms with van der Waals surface area (Å²) in [6, 6.07) is 3.90. The zero-order valence-corrected chi connectivity index (χ0v) is 11.4. The Morgan fingerprint density at radius 3 is 2.74 bits per heavy atom. The molecule has 0 saturated heterocycles. The zero-order valence-electron chi connectivity index (χ0n) is 11.4. The molecule has 0 unspecified atom stereocenters. The normalized spacial score (nSPS) is 20.8. The standard InChI is InChI=1S/C15H21N3O/c1-15(5-3-2-4-6-15)18-13-9-12-10(7-11(13)16)8-14(19)17-12/h7,9,18H,2-6,8,16H2,1H3,(H,17,19). The van der Waals surface area contributed by atoms with Crippen LogP contribution in [0.25, 0.3) is 0 Å². The summed E-state index contributed by atoms with van der Waals surface area (Å²) in [5.41, 5.74) is 9.83. The van der Waals surface area contributed by atoms with E-state index in [9.17, 15) is 4.79 Å². The predicted molar refractivity (Wildman–Crippen MR) is 78.3 cm³/mol. The van der Waals surface area contributed by atoms with Gasteiger partial charge in [0.2, 0.25) is 5.91 Å². The fourth-order valence-electron chi connectivity index (χ4n) is 3.18. The Kier molecular flexibility index (Phi) is 2.88. The molecule has 1 amide bonds. The van der Waals surface area contributed by atoms with Gasteiger partial charge in [-0.3, -0.25) is 4.79 Å². The molecule has 2 aliphatic rings. The van der Waals surface area contributed by atoms with Gasteiger partial charge in [-0.1, -0.05) is 19.3 Å². The third-order valence-electron chi connectivity index (χ3n) is 4.29. The lowest BCUT2D eigenvalue weighted by Gasteiger charge is -2.36. The van der Waals surface area contributed by atoms with Crippen LogP contribution in [0.3, 0.4) is 0 Å². The molecule has 0 atom stereocenters. The van der Waals surface area contributed by atoms with Crippen molar-refractivity contribution < 1.29 is 4.79 Å². The van der Waals surface area contributed by atoms with Gasteiger partial charge in [0, 0.05) is 11.2 Å². The topological polar surface area (TPSA) is 67.1 Å². The molecule has 0 spiro atoms. The summed E-state index contributed by atoms with van der Waals surface area (Å²) in [5, 5.41) is 6.47. The van der Waals surface area contributed by atoms with Crippen LogP contribution in [-0.4, -0.2) is 11.4 Å². The van der Waals surface area contributed by atoms with E-state index in [0.717, 1.165) is 22.6 Å². The molecule has 1 heterocycles. The van der Waals surface area contributed by atoms with Crippen LogP contribution < -0.4 is 16.4 Å². The number of rotatable bonds is 2. The quantitative estimate of drug-likeness (QED) is 0.715. The van der Waals surface area contributed by atoms with Crippen molar-refractivity contribution in [3.05, 3.63) is 17.7 Å². The lowest BCUT2D eigenvalue weighted by atomic mass is 9.83. The summed E-state index contributed by atoms with van der Waals surface area (Å²) in [4.78, 5) is 11.4. The van der Waals surface area contributed by atoms with E-state index in [1.807, 2.05) is 12.1 Å². The van der Waals surface area contributed by atoms with Gasteiger partial charge in [0.1, 0.15) is 0 Å². The maximum absolute atomic E-state index is 11.4. The van der Waals surface area contributed by atoms with E-state index in [4.69, 9.17) is 5.73 Å². The monoisotopic (exact) mass is 259 g/mol. The first-order chi connectivity index (χ1) is 9.06. The third-order valence-corrected chi connectivity index (χ3v) is 4.29. The van der Waals surface area contributed by atoms with Crippen molar-refractivity contribution in [2.24, 2.45) is 0 Å². The molecule has 1 aliphatic carbocycles. The number of hydrogen-bond acceptors (Lipinski definition) is 3. The fourth-order valence-corrected chi connectivity index (χ4v) is 3.18. The molecular formula is C15H21N3O. The Hall–Kier alpha value is -1.71. The van der Waals surface area contributed by atoms with Crippen LogP contribution in [0.5, 0.6) is 0 Å². The second kappa shape index (κ2) is 4.44. The van der Waals surface area contributed by atoms with Crippen molar-refractivity contribution in [1.29, 1.82) is 0 Å². The van der Waals surface area contributed by atoms with E-state index < -0.39 is 0 Å². The highest BCUT2D eigenvalue weighted by atomic mass is 16.1. The molecule has 4 heteroatoms. The van der Waals surface area contributed by atoms with E-state index in [1.165, 1.54) is 32.1 Å². The minimum atomic E-state index is 0.0513. The minimum absolute atomic E-state index is 0.0513. The molecule has 3 rings (SSSR count). The number of fused-ring (bicyclic) bond motifs is 1. The summed E-state index contributed by atoms with van der Waals surface area (Å²) < 4.78 is 0. The Bertz CT molecular complexity index is 518. The molecule has 19 heavy (non-hydrogen) atoms. The number of nitrogens with two attached hydrogens (primary N) is 1. The number of carbonyl (C=O) groups is 1. The SMILES string of the molecule is CC1(Nc2cc3c(cc2N)CC(=O)N3)CCCCC1. The molecule has 1 aromatic carbocycles. The van der Waals surface area contributed by atoms with Gasteiger partial charge in [0.25, 0.3) is 0 Å². The van der Waals surface area contributed by atoms with Crippen LogP contribution in [0.2, 0.25) is 0 Å². The molecular weight excluding hydrogens is 238 g/mol. The molecule has 1 saturated carbocycles. The second-order valence-corrected chi connectivity index (χ2v) is 6.07. The zero-order chi connectivity index (χ0) is 13.5. The van der Waals surface area contributed by atoms with Gasteiger partial charge < -0.3 is 16.4 Å². The molecule has 0 radical (unpaired) electrons. The van der Waals surface area contributed by atoms with Crippen LogP contribution in [-0.2, 0) is 11.2 Å². The van der Waals surface area contributed by atoms with Gasteiger partial charge in [-0.15, -0.1) is 0 Å². The van der Waals surface area contributed by atoms with Crippen molar-refractivity contribution in [1.82, 2.24) is 0 Å². The summed E-state index contributed by atoms with van der Waals surface area (Å²) in [5.74, 6) is 0.0513. The van der Waals surface area contributed by atoms with Crippen LogP contribution in [0, 0.1) is 0 Å². The number of hydrogen-bond donors (Lipinski definition) is 3. The number of nitrogens with one attached hydrogen (secondary N) is 2. The highest BCUT2D eigenvalue weighted by molar-refractivity contribution is 6.00. The fraction of sp³-hybridized carbons (Fsp3) is 0.533. The molecule has 1 aliphatic heterocycles. The van der Waals surface area contributed by atoms with E-state index in [0.29, 0.717) is 6.42 Å². The lowest BCUT2D eigenvalue weighted by Crippen LogP contribution is -2.37. The second-order valence-electron chi connectivity index (χ2n) is 6.07. The molecule has 0 aromatic heterocycles. The number of nitrogen functional groups attached to an aromatic ring is 1. The summed E-state index contributed by atoms with van der Waals surface area (Å²) in [7, 11) is 0. The van der Waals surface area contributed by atoms with E-state index in [1.54, 1.807) is 0 Å². The molecule has 102 valence electrons. The van der Waals surface area contributed by atoms with E-state index in [-0.39, 0.29) is 11.4 Å². The highest BCUT2D eigenvalue weighted by Crippen LogP contribution is 2.36. The average molecular weight is 259 g/mol. The summed E-state index contributed by atoms with van der Waals surface area (Å²) >= 11 is 0. The maximum atomic E-state index is 11.4. The van der Waals surface area contributed by atoms with Gasteiger partial charge in [0.15, 0.2) is 0 Å². The number of amides is 1. The van der Waals surface area contributed by atoms with Gasteiger partial charge in [-0.25, -0.2) is 0 Å². The molecule has 4 nitrogen and oxygen atoms in total. The lowest BCUT2D eigenvalue weighted by molar-refractivity contribution is -0.115. The molecule has 1 aromatic rings. The molecule has 0 bridgehead atoms. The van der Waals surface area contributed by atoms with Crippen LogP contribution >= 0.6 is 0 Å². The van der Waals surface area contributed by atoms with Gasteiger partial charge in [-0.05, 0) is 37.5 Å². The highest BCUT2D eigenvalue weighted by Gasteiger charge is 2.28. The van der Waals surface area contributed by atoms with Gasteiger partial charge in [0.05, 0.1) is 17.8 Å². The Morgan fingerprint density at radius 1 is 1.26 bits per heavy atom. The van der Waals surface area contributed by atoms with Crippen molar-refractivity contribution in [3.8, 4) is 0 Å². The third kappa shape index (κ3) is 2.39. The van der Waals surface area contributed by atoms with Crippen molar-refractivity contribution in [2.45, 2.75) is 51.0 Å². The van der Waals surface area contributed by atoms with Gasteiger partial charge in [-0.2, -0.15) is 0 Å². The van der Waals surface area contributed by atoms with Crippen LogP contribution in [0.1, 0.15) is 44.6 Å². The number of benzene rings is 1. The van der Waals surface area contributed by atoms with Crippen LogP contribution in [0.15, 0.2) is 12.1 Å². The van der Waals surface area contributed by atoms with Crippen molar-refractivity contribution in [3.63, 3.8) is 0 Å². The van der Waals surface area contributed by atoms with E-state index >= 15 is 0 Å². The number of anilines is 3. The summed E-state index contributed by atoms with van der Waals surface area (Å²) in [6.45, 7) is 2.26. The first-order valence-electron chi connectivity index (χ1n) is 7.06. The molecule has 4 N–H and O–H groups in total. The van der Waals surface area contributed by atoms with Crippen LogP contribution in [0.4, 0.5) is 17.1 Å². The van der Waals surface area contributed by atoms with Crippen molar-refractivity contribution >= 4 is 23.0 Å². The number of carbonyl (C=O) groups excluding carboxylic acids is 1. The van der Waals surface area contributed by atoms with E-state index in [2.05, 4.69) is 17.6 Å². The van der Waals surface area contributed by atoms with Crippen molar-refractivity contribution in [2.75, 3.05) is 16.4 Å².